The minimum Gasteiger partial charge on any atom is -0.497 e. The minimum atomic E-state index is -0.172. The van der Waals surface area contributed by atoms with Crippen LogP contribution in [0, 0.1) is 11.8 Å². The molecule has 2 aliphatic heterocycles. The van der Waals surface area contributed by atoms with E-state index >= 15 is 0 Å². The van der Waals surface area contributed by atoms with Crippen molar-refractivity contribution in [1.29, 1.82) is 0 Å². The number of hydrogen-bond acceptors (Lipinski definition) is 4. The van der Waals surface area contributed by atoms with Crippen LogP contribution in [0.5, 0.6) is 5.75 Å². The highest BCUT2D eigenvalue weighted by Gasteiger charge is 2.25. The van der Waals surface area contributed by atoms with Crippen LogP contribution in [0.25, 0.3) is 0 Å². The number of amides is 1. The molecule has 1 amide bonds. The van der Waals surface area contributed by atoms with E-state index in [1.165, 1.54) is 55.9 Å². The van der Waals surface area contributed by atoms with Gasteiger partial charge < -0.3 is 19.3 Å². The van der Waals surface area contributed by atoms with Gasteiger partial charge in [-0.3, -0.25) is 0 Å². The van der Waals surface area contributed by atoms with Crippen molar-refractivity contribution in [2.45, 2.75) is 38.5 Å². The van der Waals surface area contributed by atoms with Crippen LogP contribution in [0.15, 0.2) is 22.7 Å². The van der Waals surface area contributed by atoms with Crippen molar-refractivity contribution in [1.82, 2.24) is 9.80 Å². The number of carbonyl (C=O) groups excluding carboxylic acids is 1. The molecule has 2 aliphatic rings. The molecule has 1 atom stereocenters. The molecule has 0 N–H and O–H groups in total. The molecule has 156 valence electrons. The van der Waals surface area contributed by atoms with E-state index in [0.29, 0.717) is 5.92 Å². The molecular formula is C22H33BrN2O3. The Morgan fingerprint density at radius 1 is 1.14 bits per heavy atom. The second kappa shape index (κ2) is 10.5. The first-order chi connectivity index (χ1) is 13.6. The van der Waals surface area contributed by atoms with Crippen molar-refractivity contribution in [3.63, 3.8) is 0 Å². The van der Waals surface area contributed by atoms with Gasteiger partial charge in [-0.2, -0.15) is 0 Å². The molecule has 3 rings (SSSR count). The maximum Gasteiger partial charge on any atom is 0.409 e. The Hall–Kier alpha value is -1.27. The Kier molecular flexibility index (Phi) is 8.03. The van der Waals surface area contributed by atoms with Crippen LogP contribution in [0.4, 0.5) is 4.79 Å². The van der Waals surface area contributed by atoms with E-state index in [2.05, 4.69) is 33.0 Å². The van der Waals surface area contributed by atoms with Gasteiger partial charge in [0.15, 0.2) is 0 Å². The Labute approximate surface area is 177 Å². The van der Waals surface area contributed by atoms with Gasteiger partial charge in [0.25, 0.3) is 0 Å². The Bertz CT molecular complexity index is 647. The van der Waals surface area contributed by atoms with E-state index in [4.69, 9.17) is 9.47 Å². The normalized spacial score (nSPS) is 21.5. The van der Waals surface area contributed by atoms with Crippen LogP contribution in [0.2, 0.25) is 0 Å². The molecule has 2 heterocycles. The van der Waals surface area contributed by atoms with Gasteiger partial charge in [0.05, 0.1) is 14.2 Å². The quantitative estimate of drug-likeness (QED) is 0.633. The van der Waals surface area contributed by atoms with E-state index in [9.17, 15) is 4.79 Å². The van der Waals surface area contributed by atoms with Gasteiger partial charge in [-0.15, -0.1) is 0 Å². The predicted molar refractivity (Wildman–Crippen MR) is 115 cm³/mol. The van der Waals surface area contributed by atoms with Gasteiger partial charge in [0.2, 0.25) is 0 Å². The van der Waals surface area contributed by atoms with Crippen LogP contribution in [0.3, 0.4) is 0 Å². The van der Waals surface area contributed by atoms with Gasteiger partial charge in [-0.25, -0.2) is 4.79 Å². The Morgan fingerprint density at radius 3 is 2.64 bits per heavy atom. The van der Waals surface area contributed by atoms with Crippen LogP contribution in [-0.2, 0) is 11.2 Å². The molecule has 0 aliphatic carbocycles. The summed E-state index contributed by atoms with van der Waals surface area (Å²) in [7, 11) is 3.20. The summed E-state index contributed by atoms with van der Waals surface area (Å²) in [5.41, 5.74) is 1.35. The molecule has 0 radical (unpaired) electrons. The summed E-state index contributed by atoms with van der Waals surface area (Å²) in [4.78, 5) is 16.2. The molecule has 6 heteroatoms. The summed E-state index contributed by atoms with van der Waals surface area (Å²) in [6, 6.07) is 6.25. The number of halogens is 1. The fraction of sp³-hybridized carbons (Fsp3) is 0.682. The zero-order valence-electron chi connectivity index (χ0n) is 17.2. The number of carbonyl (C=O) groups is 1. The number of ether oxygens (including phenoxy) is 2. The van der Waals surface area contributed by atoms with Crippen molar-refractivity contribution in [3.05, 3.63) is 28.2 Å². The number of hydrogen-bond donors (Lipinski definition) is 0. The van der Waals surface area contributed by atoms with Gasteiger partial charge in [-0.1, -0.05) is 15.9 Å². The van der Waals surface area contributed by atoms with E-state index < -0.39 is 0 Å². The van der Waals surface area contributed by atoms with E-state index in [-0.39, 0.29) is 6.09 Å². The molecule has 2 fully saturated rings. The molecule has 2 saturated heterocycles. The smallest absolute Gasteiger partial charge is 0.409 e. The predicted octanol–water partition coefficient (Wildman–Crippen LogP) is 4.58. The molecule has 0 bridgehead atoms. The maximum absolute atomic E-state index is 11.8. The maximum atomic E-state index is 11.8. The third-order valence-electron chi connectivity index (χ3n) is 6.27. The molecule has 5 nitrogen and oxygen atoms in total. The average molecular weight is 453 g/mol. The lowest BCUT2D eigenvalue weighted by atomic mass is 9.89. The summed E-state index contributed by atoms with van der Waals surface area (Å²) in [5.74, 6) is 2.28. The van der Waals surface area contributed by atoms with Gasteiger partial charge in [0, 0.05) is 17.6 Å². The van der Waals surface area contributed by atoms with E-state index in [1.54, 1.807) is 7.11 Å². The number of methoxy groups -OCH3 is 2. The van der Waals surface area contributed by atoms with Crippen molar-refractivity contribution < 1.29 is 14.3 Å². The number of piperidine rings is 2. The molecule has 0 spiro atoms. The summed E-state index contributed by atoms with van der Waals surface area (Å²) in [6.45, 7) is 5.20. The summed E-state index contributed by atoms with van der Waals surface area (Å²) in [5, 5.41) is 0. The average Bonchev–Trinajstić information content (AvgIpc) is 2.74. The highest BCUT2D eigenvalue weighted by molar-refractivity contribution is 9.10. The zero-order chi connectivity index (χ0) is 19.9. The molecule has 28 heavy (non-hydrogen) atoms. The lowest BCUT2D eigenvalue weighted by Crippen LogP contribution is -2.41. The van der Waals surface area contributed by atoms with Crippen LogP contribution in [-0.4, -0.2) is 62.8 Å². The standard InChI is InChI=1S/C22H33BrN2O3/c1-27-20-5-6-21(23)19(15-20)14-17-7-11-24(12-8-17)13-9-18-4-3-10-25(16-18)22(26)28-2/h5-6,15,17-18H,3-4,7-14,16H2,1-2H3. The van der Waals surface area contributed by atoms with E-state index in [0.717, 1.165) is 44.1 Å². The second-order valence-electron chi connectivity index (χ2n) is 8.16. The number of benzene rings is 1. The van der Waals surface area contributed by atoms with Crippen molar-refractivity contribution >= 4 is 22.0 Å². The lowest BCUT2D eigenvalue weighted by molar-refractivity contribution is 0.0954. The number of likely N-dealkylation sites (tertiary alicyclic amines) is 2. The summed E-state index contributed by atoms with van der Waals surface area (Å²) >= 11 is 3.68. The van der Waals surface area contributed by atoms with E-state index in [1.807, 2.05) is 11.0 Å². The molecular weight excluding hydrogens is 420 g/mol. The zero-order valence-corrected chi connectivity index (χ0v) is 18.7. The number of rotatable bonds is 6. The van der Waals surface area contributed by atoms with Crippen molar-refractivity contribution in [3.8, 4) is 5.75 Å². The first kappa shape index (κ1) is 21.4. The molecule has 0 saturated carbocycles. The van der Waals surface area contributed by atoms with Crippen LogP contribution < -0.4 is 4.74 Å². The number of nitrogens with zero attached hydrogens (tertiary/aromatic N) is 2. The van der Waals surface area contributed by atoms with Gasteiger partial charge in [0.1, 0.15) is 5.75 Å². The van der Waals surface area contributed by atoms with Crippen molar-refractivity contribution in [2.75, 3.05) is 46.9 Å². The van der Waals surface area contributed by atoms with Gasteiger partial charge >= 0.3 is 6.09 Å². The molecule has 0 aromatic heterocycles. The third kappa shape index (κ3) is 5.86. The fourth-order valence-electron chi connectivity index (χ4n) is 4.52. The summed E-state index contributed by atoms with van der Waals surface area (Å²) < 4.78 is 11.4. The fourth-order valence-corrected chi connectivity index (χ4v) is 4.93. The highest BCUT2D eigenvalue weighted by atomic mass is 79.9. The second-order valence-corrected chi connectivity index (χ2v) is 9.01. The first-order valence-electron chi connectivity index (χ1n) is 10.5. The molecule has 1 aromatic rings. The Morgan fingerprint density at radius 2 is 1.93 bits per heavy atom. The highest BCUT2D eigenvalue weighted by Crippen LogP contribution is 2.29. The van der Waals surface area contributed by atoms with Gasteiger partial charge in [-0.05, 0) is 93.8 Å². The molecule has 1 unspecified atom stereocenters. The topological polar surface area (TPSA) is 42.0 Å². The first-order valence-corrected chi connectivity index (χ1v) is 11.3. The largest absolute Gasteiger partial charge is 0.497 e. The van der Waals surface area contributed by atoms with Crippen LogP contribution in [0.1, 0.15) is 37.7 Å². The monoisotopic (exact) mass is 452 g/mol. The minimum absolute atomic E-state index is 0.172. The van der Waals surface area contributed by atoms with Crippen LogP contribution >= 0.6 is 15.9 Å². The SMILES string of the molecule is COC(=O)N1CCCC(CCN2CCC(Cc3cc(OC)ccc3Br)CC2)C1. The van der Waals surface area contributed by atoms with Crippen molar-refractivity contribution in [2.24, 2.45) is 11.8 Å². The Balaban J connectivity index is 1.40. The molecule has 1 aromatic carbocycles. The lowest BCUT2D eigenvalue weighted by Gasteiger charge is -2.35. The summed E-state index contributed by atoms with van der Waals surface area (Å²) in [6.07, 6.45) is 6.95. The third-order valence-corrected chi connectivity index (χ3v) is 7.05.